The van der Waals surface area contributed by atoms with Gasteiger partial charge in [0.25, 0.3) is 7.82 Å². The largest absolute Gasteiger partial charge is 0.756 e. The molecule has 0 saturated heterocycles. The van der Waals surface area contributed by atoms with Gasteiger partial charge in [0.15, 0.2) is 6.10 Å². The molecule has 0 aromatic carbocycles. The number of likely N-dealkylation sites (N-methyl/N-ethyl adjacent to an activating group) is 1. The number of esters is 2. The standard InChI is InChI=1S/C50H90NO8P/c1-6-8-10-12-14-16-18-20-22-23-24-25-26-27-29-30-32-34-36-38-40-42-49(52)56-46-48(47-58-60(54,55)57-45-44-51(3,4)5)59-50(53)43-41-39-37-35-33-31-28-21-19-17-15-13-11-9-7-2/h22-23,25-26,29-31,33-34,36,48H,6-21,24,27-28,32,35,37-47H2,1-5H3/b23-22+,26-25+,30-29+,33-31+,36-34+/t48-/m0/s1. The van der Waals surface area contributed by atoms with Crippen LogP contribution in [0.25, 0.3) is 0 Å². The Morgan fingerprint density at radius 3 is 1.40 bits per heavy atom. The molecule has 0 radical (unpaired) electrons. The quantitative estimate of drug-likeness (QED) is 0.0196. The Balaban J connectivity index is 4.42. The molecule has 0 fully saturated rings. The van der Waals surface area contributed by atoms with Gasteiger partial charge in [0, 0.05) is 12.8 Å². The first-order chi connectivity index (χ1) is 29.0. The summed E-state index contributed by atoms with van der Waals surface area (Å²) in [6, 6.07) is 0. The number of rotatable bonds is 43. The topological polar surface area (TPSA) is 111 Å². The van der Waals surface area contributed by atoms with Crippen LogP contribution >= 0.6 is 7.82 Å². The molecule has 0 aliphatic carbocycles. The number of carbonyl (C=O) groups excluding carboxylic acids is 2. The second kappa shape index (κ2) is 42.0. The molecular weight excluding hydrogens is 774 g/mol. The van der Waals surface area contributed by atoms with E-state index < -0.39 is 32.5 Å². The van der Waals surface area contributed by atoms with Crippen LogP contribution in [-0.4, -0.2) is 70.0 Å². The zero-order valence-corrected chi connectivity index (χ0v) is 40.0. The minimum Gasteiger partial charge on any atom is -0.756 e. The van der Waals surface area contributed by atoms with Gasteiger partial charge in [0.2, 0.25) is 0 Å². The smallest absolute Gasteiger partial charge is 0.306 e. The Hall–Kier alpha value is -2.29. The number of allylic oxidation sites excluding steroid dienone is 10. The molecule has 0 aromatic rings. The Morgan fingerprint density at radius 1 is 0.517 bits per heavy atom. The minimum absolute atomic E-state index is 0.0440. The van der Waals surface area contributed by atoms with Gasteiger partial charge in [0.1, 0.15) is 19.8 Å². The maximum absolute atomic E-state index is 12.7. The van der Waals surface area contributed by atoms with Gasteiger partial charge in [-0.15, -0.1) is 0 Å². The van der Waals surface area contributed by atoms with Crippen molar-refractivity contribution in [3.63, 3.8) is 0 Å². The molecule has 0 aliphatic rings. The number of hydrogen-bond donors (Lipinski definition) is 0. The molecule has 9 nitrogen and oxygen atoms in total. The number of nitrogens with zero attached hydrogens (tertiary/aromatic N) is 1. The normalized spacial score (nSPS) is 14.0. The molecule has 10 heteroatoms. The number of phosphoric acid groups is 1. The average molecular weight is 864 g/mol. The van der Waals surface area contributed by atoms with Gasteiger partial charge in [-0.3, -0.25) is 14.2 Å². The summed E-state index contributed by atoms with van der Waals surface area (Å²) in [7, 11) is 1.12. The van der Waals surface area contributed by atoms with Gasteiger partial charge in [-0.25, -0.2) is 0 Å². The van der Waals surface area contributed by atoms with Crippen molar-refractivity contribution >= 4 is 19.8 Å². The van der Waals surface area contributed by atoms with Crippen LogP contribution in [0.3, 0.4) is 0 Å². The molecule has 0 aliphatic heterocycles. The Labute approximate surface area is 368 Å². The first-order valence-electron chi connectivity index (χ1n) is 24.0. The second-order valence-corrected chi connectivity index (χ2v) is 18.5. The molecule has 0 spiro atoms. The summed E-state index contributed by atoms with van der Waals surface area (Å²) in [5.41, 5.74) is 0. The van der Waals surface area contributed by atoms with Crippen LogP contribution in [0.4, 0.5) is 0 Å². The van der Waals surface area contributed by atoms with Crippen molar-refractivity contribution in [1.29, 1.82) is 0 Å². The monoisotopic (exact) mass is 864 g/mol. The fourth-order valence-electron chi connectivity index (χ4n) is 6.23. The van der Waals surface area contributed by atoms with E-state index >= 15 is 0 Å². The summed E-state index contributed by atoms with van der Waals surface area (Å²) in [4.78, 5) is 37.6. The first-order valence-corrected chi connectivity index (χ1v) is 25.5. The fraction of sp³-hybridized carbons (Fsp3) is 0.760. The van der Waals surface area contributed by atoms with E-state index in [1.165, 1.54) is 103 Å². The van der Waals surface area contributed by atoms with Crippen molar-refractivity contribution in [2.45, 2.75) is 200 Å². The second-order valence-electron chi connectivity index (χ2n) is 17.1. The molecule has 0 rings (SSSR count). The first kappa shape index (κ1) is 57.7. The van der Waals surface area contributed by atoms with Crippen molar-refractivity contribution in [3.05, 3.63) is 60.8 Å². The van der Waals surface area contributed by atoms with E-state index in [1.54, 1.807) is 0 Å². The molecule has 0 N–H and O–H groups in total. The summed E-state index contributed by atoms with van der Waals surface area (Å²) < 4.78 is 33.9. The third-order valence-corrected chi connectivity index (χ3v) is 11.0. The zero-order valence-electron chi connectivity index (χ0n) is 39.1. The predicted molar refractivity (Wildman–Crippen MR) is 250 cm³/mol. The number of phosphoric ester groups is 1. The minimum atomic E-state index is -4.64. The van der Waals surface area contributed by atoms with E-state index in [1.807, 2.05) is 21.1 Å². The number of ether oxygens (including phenoxy) is 2. The van der Waals surface area contributed by atoms with E-state index in [9.17, 15) is 19.0 Å². The number of unbranched alkanes of at least 4 members (excludes halogenated alkanes) is 19. The number of quaternary nitrogens is 1. The van der Waals surface area contributed by atoms with Crippen LogP contribution in [0.5, 0.6) is 0 Å². The van der Waals surface area contributed by atoms with Gasteiger partial charge < -0.3 is 27.9 Å². The lowest BCUT2D eigenvalue weighted by Crippen LogP contribution is -2.37. The molecule has 0 amide bonds. The lowest BCUT2D eigenvalue weighted by atomic mass is 10.1. The highest BCUT2D eigenvalue weighted by Gasteiger charge is 2.21. The maximum atomic E-state index is 12.7. The summed E-state index contributed by atoms with van der Waals surface area (Å²) >= 11 is 0. The molecular formula is C50H90NO8P. The highest BCUT2D eigenvalue weighted by Crippen LogP contribution is 2.38. The van der Waals surface area contributed by atoms with Gasteiger partial charge >= 0.3 is 11.9 Å². The summed E-state index contributed by atoms with van der Waals surface area (Å²) in [5, 5.41) is 0. The van der Waals surface area contributed by atoms with Gasteiger partial charge in [-0.2, -0.15) is 0 Å². The zero-order chi connectivity index (χ0) is 44.3. The predicted octanol–water partition coefficient (Wildman–Crippen LogP) is 13.4. The average Bonchev–Trinajstić information content (AvgIpc) is 3.20. The van der Waals surface area contributed by atoms with Crippen molar-refractivity contribution in [2.75, 3.05) is 47.5 Å². The third-order valence-electron chi connectivity index (χ3n) is 10.0. The Bertz CT molecular complexity index is 1210. The molecule has 0 saturated carbocycles. The van der Waals surface area contributed by atoms with Crippen LogP contribution < -0.4 is 4.89 Å². The van der Waals surface area contributed by atoms with Crippen molar-refractivity contribution in [2.24, 2.45) is 0 Å². The molecule has 1 unspecified atom stereocenters. The molecule has 0 aromatic heterocycles. The molecule has 2 atom stereocenters. The molecule has 0 heterocycles. The Morgan fingerprint density at radius 2 is 0.917 bits per heavy atom. The highest BCUT2D eigenvalue weighted by molar-refractivity contribution is 7.45. The summed E-state index contributed by atoms with van der Waals surface area (Å²) in [5.74, 6) is -0.919. The third kappa shape index (κ3) is 45.2. The summed E-state index contributed by atoms with van der Waals surface area (Å²) in [6.45, 7) is 4.14. The maximum Gasteiger partial charge on any atom is 0.306 e. The fourth-order valence-corrected chi connectivity index (χ4v) is 6.96. The highest BCUT2D eigenvalue weighted by atomic mass is 31.2. The van der Waals surface area contributed by atoms with E-state index in [4.69, 9.17) is 18.5 Å². The van der Waals surface area contributed by atoms with Crippen LogP contribution in [-0.2, 0) is 32.7 Å². The van der Waals surface area contributed by atoms with Crippen molar-refractivity contribution in [3.8, 4) is 0 Å². The molecule has 0 bridgehead atoms. The van der Waals surface area contributed by atoms with E-state index in [0.717, 1.165) is 51.4 Å². The van der Waals surface area contributed by atoms with Crippen LogP contribution in [0, 0.1) is 0 Å². The van der Waals surface area contributed by atoms with Crippen molar-refractivity contribution < 1.29 is 42.1 Å². The van der Waals surface area contributed by atoms with Crippen LogP contribution in [0.15, 0.2) is 60.8 Å². The van der Waals surface area contributed by atoms with E-state index in [-0.39, 0.29) is 26.1 Å². The van der Waals surface area contributed by atoms with E-state index in [2.05, 4.69) is 74.6 Å². The van der Waals surface area contributed by atoms with E-state index in [0.29, 0.717) is 23.9 Å². The van der Waals surface area contributed by atoms with Gasteiger partial charge in [-0.1, -0.05) is 164 Å². The lowest BCUT2D eigenvalue weighted by Gasteiger charge is -2.28. The van der Waals surface area contributed by atoms with Crippen molar-refractivity contribution in [1.82, 2.24) is 0 Å². The number of hydrogen-bond acceptors (Lipinski definition) is 8. The molecule has 60 heavy (non-hydrogen) atoms. The van der Waals surface area contributed by atoms with Gasteiger partial charge in [0.05, 0.1) is 27.7 Å². The van der Waals surface area contributed by atoms with Crippen LogP contribution in [0.2, 0.25) is 0 Å². The van der Waals surface area contributed by atoms with Gasteiger partial charge in [-0.05, 0) is 77.0 Å². The molecule has 348 valence electrons. The van der Waals surface area contributed by atoms with Crippen LogP contribution in [0.1, 0.15) is 194 Å². The lowest BCUT2D eigenvalue weighted by molar-refractivity contribution is -0.870. The summed E-state index contributed by atoms with van der Waals surface area (Å²) in [6.07, 6.45) is 51.2. The Kier molecular flexibility index (Phi) is 40.4. The number of carbonyl (C=O) groups is 2. The SMILES string of the molecule is CCCCCCCCC/C=C/C/C=C/C/C=C/C/C=C/CCCC(=O)OC[C@@H](COP(=O)([O-])OCC[N+](C)(C)C)OC(=O)CCCCC/C=C/CCCCCCCCCC.